The van der Waals surface area contributed by atoms with E-state index in [1.807, 2.05) is 26.0 Å². The normalized spacial score (nSPS) is 20.4. The summed E-state index contributed by atoms with van der Waals surface area (Å²) < 4.78 is 1.10. The summed E-state index contributed by atoms with van der Waals surface area (Å²) in [6.07, 6.45) is 0. The van der Waals surface area contributed by atoms with E-state index in [2.05, 4.69) is 15.9 Å². The standard InChI is InChI=1S/C11H13BrN2O/c1-6-3-8(4-7(2)10(6)12)14-5-9(13)11(14)15/h3-4,9H,5,13H2,1-2H3. The van der Waals surface area contributed by atoms with Gasteiger partial charge in [0.15, 0.2) is 0 Å². The quantitative estimate of drug-likeness (QED) is 0.789. The van der Waals surface area contributed by atoms with Gasteiger partial charge in [0.1, 0.15) is 6.04 Å². The molecule has 1 aromatic rings. The minimum absolute atomic E-state index is 0.0103. The van der Waals surface area contributed by atoms with Crippen LogP contribution >= 0.6 is 15.9 Å². The van der Waals surface area contributed by atoms with Crippen LogP contribution in [0.25, 0.3) is 0 Å². The van der Waals surface area contributed by atoms with Crippen molar-refractivity contribution in [2.24, 2.45) is 5.73 Å². The number of β-lactam (4-membered cyclic amide) rings is 1. The fourth-order valence-electron chi connectivity index (χ4n) is 1.76. The minimum Gasteiger partial charge on any atom is -0.318 e. The fraction of sp³-hybridized carbons (Fsp3) is 0.364. The van der Waals surface area contributed by atoms with Crippen LogP contribution in [0.1, 0.15) is 11.1 Å². The molecule has 0 spiro atoms. The molecule has 0 aliphatic carbocycles. The van der Waals surface area contributed by atoms with Gasteiger partial charge in [-0.2, -0.15) is 0 Å². The van der Waals surface area contributed by atoms with Gasteiger partial charge in [-0.15, -0.1) is 0 Å². The van der Waals surface area contributed by atoms with E-state index in [0.717, 1.165) is 21.3 Å². The number of hydrogen-bond donors (Lipinski definition) is 1. The van der Waals surface area contributed by atoms with Crippen molar-refractivity contribution in [2.75, 3.05) is 11.4 Å². The first-order valence-corrected chi connectivity index (χ1v) is 5.63. The number of halogens is 1. The number of anilines is 1. The Morgan fingerprint density at radius 2 is 1.93 bits per heavy atom. The van der Waals surface area contributed by atoms with Crippen molar-refractivity contribution in [1.29, 1.82) is 0 Å². The van der Waals surface area contributed by atoms with E-state index in [0.29, 0.717) is 6.54 Å². The highest BCUT2D eigenvalue weighted by molar-refractivity contribution is 9.10. The Hall–Kier alpha value is -0.870. The van der Waals surface area contributed by atoms with Gasteiger partial charge in [0.05, 0.1) is 6.54 Å². The Bertz CT molecular complexity index is 408. The lowest BCUT2D eigenvalue weighted by atomic mass is 10.0. The Balaban J connectivity index is 2.35. The molecule has 0 aromatic heterocycles. The van der Waals surface area contributed by atoms with Crippen LogP contribution in [-0.4, -0.2) is 18.5 Å². The van der Waals surface area contributed by atoms with E-state index >= 15 is 0 Å². The fourth-order valence-corrected chi connectivity index (χ4v) is 1.99. The first-order chi connectivity index (χ1) is 7.00. The Morgan fingerprint density at radius 1 is 1.40 bits per heavy atom. The van der Waals surface area contributed by atoms with Gasteiger partial charge in [-0.25, -0.2) is 0 Å². The molecule has 0 radical (unpaired) electrons. The minimum atomic E-state index is -0.311. The number of nitrogens with zero attached hydrogens (tertiary/aromatic N) is 1. The van der Waals surface area contributed by atoms with Gasteiger partial charge in [0.2, 0.25) is 5.91 Å². The van der Waals surface area contributed by atoms with Crippen molar-refractivity contribution < 1.29 is 4.79 Å². The van der Waals surface area contributed by atoms with Crippen LogP contribution in [0.15, 0.2) is 16.6 Å². The largest absolute Gasteiger partial charge is 0.318 e. The highest BCUT2D eigenvalue weighted by atomic mass is 79.9. The van der Waals surface area contributed by atoms with Crippen molar-refractivity contribution in [1.82, 2.24) is 0 Å². The number of amides is 1. The van der Waals surface area contributed by atoms with Crippen molar-refractivity contribution >= 4 is 27.5 Å². The molecule has 1 amide bonds. The number of nitrogens with two attached hydrogens (primary N) is 1. The molecule has 1 heterocycles. The first kappa shape index (κ1) is 10.6. The number of rotatable bonds is 1. The van der Waals surface area contributed by atoms with Crippen LogP contribution in [0.5, 0.6) is 0 Å². The molecule has 1 saturated heterocycles. The van der Waals surface area contributed by atoms with Gasteiger partial charge in [-0.05, 0) is 37.1 Å². The molecule has 1 unspecified atom stereocenters. The monoisotopic (exact) mass is 268 g/mol. The molecule has 1 aliphatic heterocycles. The van der Waals surface area contributed by atoms with Crippen LogP contribution in [0.3, 0.4) is 0 Å². The summed E-state index contributed by atoms with van der Waals surface area (Å²) in [5.74, 6) is 0.0103. The number of hydrogen-bond acceptors (Lipinski definition) is 2. The summed E-state index contributed by atoms with van der Waals surface area (Å²) in [5.41, 5.74) is 8.77. The summed E-state index contributed by atoms with van der Waals surface area (Å²) in [5, 5.41) is 0. The van der Waals surface area contributed by atoms with Gasteiger partial charge in [0.25, 0.3) is 0 Å². The number of carbonyl (C=O) groups is 1. The van der Waals surface area contributed by atoms with Crippen LogP contribution < -0.4 is 10.6 Å². The summed E-state index contributed by atoms with van der Waals surface area (Å²) in [6, 6.07) is 3.69. The molecule has 15 heavy (non-hydrogen) atoms. The Kier molecular flexibility index (Phi) is 2.56. The third-order valence-electron chi connectivity index (χ3n) is 2.70. The van der Waals surface area contributed by atoms with Crippen molar-refractivity contribution in [3.8, 4) is 0 Å². The Morgan fingerprint density at radius 3 is 2.33 bits per heavy atom. The molecule has 1 aliphatic rings. The predicted molar refractivity (Wildman–Crippen MR) is 63.9 cm³/mol. The van der Waals surface area contributed by atoms with E-state index in [-0.39, 0.29) is 11.9 Å². The van der Waals surface area contributed by atoms with E-state index in [9.17, 15) is 4.79 Å². The zero-order valence-corrected chi connectivity index (χ0v) is 10.3. The van der Waals surface area contributed by atoms with Gasteiger partial charge in [-0.3, -0.25) is 4.79 Å². The van der Waals surface area contributed by atoms with Gasteiger partial charge < -0.3 is 10.6 Å². The van der Waals surface area contributed by atoms with Gasteiger partial charge in [0, 0.05) is 10.2 Å². The first-order valence-electron chi connectivity index (χ1n) is 4.84. The summed E-state index contributed by atoms with van der Waals surface area (Å²) in [6.45, 7) is 4.66. The van der Waals surface area contributed by atoms with Crippen LogP contribution in [0, 0.1) is 13.8 Å². The van der Waals surface area contributed by atoms with Crippen LogP contribution in [0.4, 0.5) is 5.69 Å². The summed E-state index contributed by atoms with van der Waals surface area (Å²) in [4.78, 5) is 13.2. The average Bonchev–Trinajstić information content (AvgIpc) is 2.21. The van der Waals surface area contributed by atoms with E-state index in [1.165, 1.54) is 0 Å². The van der Waals surface area contributed by atoms with E-state index in [4.69, 9.17) is 5.73 Å². The van der Waals surface area contributed by atoms with Crippen LogP contribution in [-0.2, 0) is 4.79 Å². The van der Waals surface area contributed by atoms with Gasteiger partial charge >= 0.3 is 0 Å². The molecule has 1 fully saturated rings. The second-order valence-electron chi connectivity index (χ2n) is 3.95. The maximum atomic E-state index is 11.5. The molecular weight excluding hydrogens is 256 g/mol. The van der Waals surface area contributed by atoms with Crippen LogP contribution in [0.2, 0.25) is 0 Å². The summed E-state index contributed by atoms with van der Waals surface area (Å²) in [7, 11) is 0. The zero-order valence-electron chi connectivity index (χ0n) is 8.75. The number of carbonyl (C=O) groups excluding carboxylic acids is 1. The molecule has 2 rings (SSSR count). The molecule has 80 valence electrons. The molecule has 0 saturated carbocycles. The van der Waals surface area contributed by atoms with Crippen molar-refractivity contribution in [3.05, 3.63) is 27.7 Å². The van der Waals surface area contributed by atoms with Gasteiger partial charge in [-0.1, -0.05) is 15.9 Å². The second kappa shape index (κ2) is 3.61. The maximum Gasteiger partial charge on any atom is 0.245 e. The van der Waals surface area contributed by atoms with Crippen molar-refractivity contribution in [3.63, 3.8) is 0 Å². The lowest BCUT2D eigenvalue weighted by Crippen LogP contribution is -2.61. The third kappa shape index (κ3) is 1.68. The van der Waals surface area contributed by atoms with E-state index in [1.54, 1.807) is 4.90 Å². The lowest BCUT2D eigenvalue weighted by Gasteiger charge is -2.36. The SMILES string of the molecule is Cc1cc(N2CC(N)C2=O)cc(C)c1Br. The molecule has 2 N–H and O–H groups in total. The zero-order chi connectivity index (χ0) is 11.2. The maximum absolute atomic E-state index is 11.5. The molecule has 3 nitrogen and oxygen atoms in total. The smallest absolute Gasteiger partial charge is 0.245 e. The second-order valence-corrected chi connectivity index (χ2v) is 4.74. The number of benzene rings is 1. The Labute approximate surface area is 97.4 Å². The predicted octanol–water partition coefficient (Wildman–Crippen LogP) is 1.74. The molecule has 0 bridgehead atoms. The van der Waals surface area contributed by atoms with Crippen molar-refractivity contribution in [2.45, 2.75) is 19.9 Å². The molecule has 1 aromatic carbocycles. The molecule has 4 heteroatoms. The third-order valence-corrected chi connectivity index (χ3v) is 3.95. The molecular formula is C11H13BrN2O. The number of aryl methyl sites for hydroxylation is 2. The lowest BCUT2D eigenvalue weighted by molar-refractivity contribution is -0.123. The highest BCUT2D eigenvalue weighted by Crippen LogP contribution is 2.29. The average molecular weight is 269 g/mol. The van der Waals surface area contributed by atoms with E-state index < -0.39 is 0 Å². The molecule has 1 atom stereocenters. The highest BCUT2D eigenvalue weighted by Gasteiger charge is 2.34. The topological polar surface area (TPSA) is 46.3 Å². The summed E-state index contributed by atoms with van der Waals surface area (Å²) >= 11 is 3.50.